The van der Waals surface area contributed by atoms with E-state index in [4.69, 9.17) is 20.4 Å². The van der Waals surface area contributed by atoms with Crippen molar-refractivity contribution in [3.63, 3.8) is 0 Å². The molecule has 0 heterocycles. The van der Waals surface area contributed by atoms with Crippen molar-refractivity contribution in [2.45, 2.75) is 19.3 Å². The summed E-state index contributed by atoms with van der Waals surface area (Å²) in [6.45, 7) is -1.80. The lowest BCUT2D eigenvalue weighted by Gasteiger charge is -2.39. The second-order valence-corrected chi connectivity index (χ2v) is 8.04. The SMILES string of the molecule is O=C(O)CN(CCN(CC(=O)O)CC(CN(CC(=O)O)CC(=O)O)C1CCC1)CC(=O)O. The zero-order valence-electron chi connectivity index (χ0n) is 17.8. The Labute approximate surface area is 184 Å². The van der Waals surface area contributed by atoms with Gasteiger partial charge in [0.1, 0.15) is 0 Å². The highest BCUT2D eigenvalue weighted by atomic mass is 16.4. The van der Waals surface area contributed by atoms with Crippen molar-refractivity contribution >= 4 is 29.8 Å². The molecule has 0 spiro atoms. The normalized spacial score (nSPS) is 15.0. The largest absolute Gasteiger partial charge is 0.480 e. The number of carboxylic acid groups (broad SMARTS) is 5. The molecule has 0 amide bonds. The van der Waals surface area contributed by atoms with Gasteiger partial charge in [-0.3, -0.25) is 38.7 Å². The third-order valence-corrected chi connectivity index (χ3v) is 5.33. The van der Waals surface area contributed by atoms with Crippen LogP contribution in [0.25, 0.3) is 0 Å². The minimum atomic E-state index is -1.21. The van der Waals surface area contributed by atoms with Gasteiger partial charge in [0.25, 0.3) is 0 Å². The van der Waals surface area contributed by atoms with E-state index in [9.17, 15) is 29.1 Å². The Bertz CT molecular complexity index is 650. The first kappa shape index (κ1) is 27.3. The Morgan fingerprint density at radius 3 is 1.31 bits per heavy atom. The summed E-state index contributed by atoms with van der Waals surface area (Å²) in [5.41, 5.74) is 0. The molecule has 1 fully saturated rings. The van der Waals surface area contributed by atoms with Gasteiger partial charge in [-0.1, -0.05) is 19.3 Å². The molecule has 1 saturated carbocycles. The van der Waals surface area contributed by atoms with Gasteiger partial charge in [-0.2, -0.15) is 0 Å². The number of hydrogen-bond donors (Lipinski definition) is 5. The van der Waals surface area contributed by atoms with Crippen molar-refractivity contribution in [3.05, 3.63) is 0 Å². The van der Waals surface area contributed by atoms with Crippen LogP contribution in [0.5, 0.6) is 0 Å². The average molecular weight is 461 g/mol. The maximum Gasteiger partial charge on any atom is 0.317 e. The van der Waals surface area contributed by atoms with Crippen LogP contribution in [0.4, 0.5) is 0 Å². The van der Waals surface area contributed by atoms with Crippen LogP contribution in [0.1, 0.15) is 19.3 Å². The molecule has 1 atom stereocenters. The summed E-state index contributed by atoms with van der Waals surface area (Å²) in [6, 6.07) is 0. The van der Waals surface area contributed by atoms with Gasteiger partial charge < -0.3 is 25.5 Å². The van der Waals surface area contributed by atoms with Crippen molar-refractivity contribution in [3.8, 4) is 0 Å². The fraction of sp³-hybridized carbons (Fsp3) is 0.737. The van der Waals surface area contributed by atoms with Gasteiger partial charge >= 0.3 is 29.8 Å². The molecule has 5 N–H and O–H groups in total. The van der Waals surface area contributed by atoms with Crippen molar-refractivity contribution in [2.75, 3.05) is 58.9 Å². The Morgan fingerprint density at radius 1 is 0.594 bits per heavy atom. The van der Waals surface area contributed by atoms with Crippen LogP contribution >= 0.6 is 0 Å². The number of carbonyl (C=O) groups is 5. The third-order valence-electron chi connectivity index (χ3n) is 5.33. The van der Waals surface area contributed by atoms with Crippen molar-refractivity contribution < 1.29 is 49.5 Å². The fourth-order valence-corrected chi connectivity index (χ4v) is 3.80. The lowest BCUT2D eigenvalue weighted by molar-refractivity contribution is -0.144. The van der Waals surface area contributed by atoms with Crippen LogP contribution in [0.2, 0.25) is 0 Å². The quantitative estimate of drug-likeness (QED) is 0.162. The lowest BCUT2D eigenvalue weighted by atomic mass is 9.75. The van der Waals surface area contributed by atoms with Crippen LogP contribution in [-0.4, -0.2) is 129 Å². The Balaban J connectivity index is 2.89. The molecule has 0 saturated heterocycles. The van der Waals surface area contributed by atoms with Crippen molar-refractivity contribution in [1.29, 1.82) is 0 Å². The molecule has 1 aliphatic carbocycles. The van der Waals surface area contributed by atoms with E-state index >= 15 is 0 Å². The maximum atomic E-state index is 11.3. The molecular formula is C19H31N3O10. The number of rotatable bonds is 18. The van der Waals surface area contributed by atoms with Gasteiger partial charge in [0.2, 0.25) is 0 Å². The predicted molar refractivity (Wildman–Crippen MR) is 108 cm³/mol. The molecule has 0 aromatic heterocycles. The van der Waals surface area contributed by atoms with Crippen molar-refractivity contribution in [2.24, 2.45) is 11.8 Å². The third kappa shape index (κ3) is 11.6. The second kappa shape index (κ2) is 13.6. The standard InChI is InChI=1S/C19H31N3O10/c23-15(24)8-20(4-5-21(9-16(25)26)10-17(27)28)6-14(13-2-1-3-13)7-22(11-18(29)30)12-19(31)32/h13-14H,1-12H2,(H,23,24)(H,25,26)(H,27,28)(H,29,30)(H,31,32). The average Bonchev–Trinajstić information content (AvgIpc) is 2.55. The summed E-state index contributed by atoms with van der Waals surface area (Å²) in [5, 5.41) is 45.4. The van der Waals surface area contributed by atoms with Gasteiger partial charge in [-0.15, -0.1) is 0 Å². The van der Waals surface area contributed by atoms with Gasteiger partial charge in [-0.25, -0.2) is 0 Å². The summed E-state index contributed by atoms with van der Waals surface area (Å²) in [5.74, 6) is -5.87. The zero-order valence-corrected chi connectivity index (χ0v) is 17.8. The summed E-state index contributed by atoms with van der Waals surface area (Å²) >= 11 is 0. The maximum absolute atomic E-state index is 11.3. The van der Waals surface area contributed by atoms with Crippen LogP contribution in [0, 0.1) is 11.8 Å². The monoisotopic (exact) mass is 461 g/mol. The Kier molecular flexibility index (Phi) is 11.6. The molecule has 13 heteroatoms. The number of carboxylic acids is 5. The molecule has 1 unspecified atom stereocenters. The number of nitrogens with zero attached hydrogens (tertiary/aromatic N) is 3. The Hall–Kier alpha value is -2.77. The predicted octanol–water partition coefficient (Wildman–Crippen LogP) is -1.27. The van der Waals surface area contributed by atoms with Gasteiger partial charge in [0.15, 0.2) is 0 Å². The van der Waals surface area contributed by atoms with E-state index in [2.05, 4.69) is 0 Å². The lowest BCUT2D eigenvalue weighted by Crippen LogP contribution is -2.48. The molecule has 0 aliphatic heterocycles. The first-order valence-electron chi connectivity index (χ1n) is 10.2. The topological polar surface area (TPSA) is 196 Å². The first-order valence-corrected chi connectivity index (χ1v) is 10.2. The summed E-state index contributed by atoms with van der Waals surface area (Å²) in [7, 11) is 0. The minimum absolute atomic E-state index is 0.0111. The van der Waals surface area contributed by atoms with E-state index in [1.165, 1.54) is 9.80 Å². The summed E-state index contributed by atoms with van der Waals surface area (Å²) in [6.07, 6.45) is 2.70. The van der Waals surface area contributed by atoms with Crippen LogP contribution in [0.15, 0.2) is 0 Å². The molecule has 182 valence electrons. The second-order valence-electron chi connectivity index (χ2n) is 8.04. The molecule has 0 aromatic rings. The van der Waals surface area contributed by atoms with E-state index in [1.807, 2.05) is 0 Å². The number of aliphatic carboxylic acids is 5. The summed E-state index contributed by atoms with van der Waals surface area (Å²) < 4.78 is 0. The zero-order chi connectivity index (χ0) is 24.3. The number of hydrogen-bond acceptors (Lipinski definition) is 8. The highest BCUT2D eigenvalue weighted by Gasteiger charge is 2.32. The fourth-order valence-electron chi connectivity index (χ4n) is 3.80. The molecule has 0 radical (unpaired) electrons. The highest BCUT2D eigenvalue weighted by Crippen LogP contribution is 2.34. The molecule has 32 heavy (non-hydrogen) atoms. The smallest absolute Gasteiger partial charge is 0.317 e. The Morgan fingerprint density at radius 2 is 0.938 bits per heavy atom. The van der Waals surface area contributed by atoms with Crippen molar-refractivity contribution in [1.82, 2.24) is 14.7 Å². The van der Waals surface area contributed by atoms with Crippen LogP contribution in [-0.2, 0) is 24.0 Å². The molecule has 0 bridgehead atoms. The van der Waals surface area contributed by atoms with E-state index < -0.39 is 56.0 Å². The van der Waals surface area contributed by atoms with E-state index in [1.54, 1.807) is 4.90 Å². The van der Waals surface area contributed by atoms with Gasteiger partial charge in [0.05, 0.1) is 32.7 Å². The van der Waals surface area contributed by atoms with E-state index in [0.717, 1.165) is 19.3 Å². The highest BCUT2D eigenvalue weighted by molar-refractivity contribution is 5.73. The molecule has 0 aromatic carbocycles. The molecular weight excluding hydrogens is 430 g/mol. The molecule has 13 nitrogen and oxygen atoms in total. The van der Waals surface area contributed by atoms with Gasteiger partial charge in [-0.05, 0) is 11.8 Å². The van der Waals surface area contributed by atoms with Crippen LogP contribution < -0.4 is 0 Å². The van der Waals surface area contributed by atoms with E-state index in [0.29, 0.717) is 0 Å². The first-order chi connectivity index (χ1) is 15.0. The molecule has 1 rings (SSSR count). The summed E-state index contributed by atoms with van der Waals surface area (Å²) in [4.78, 5) is 59.6. The van der Waals surface area contributed by atoms with Gasteiger partial charge in [0, 0.05) is 26.2 Å². The molecule has 1 aliphatic rings. The van der Waals surface area contributed by atoms with E-state index in [-0.39, 0.29) is 44.6 Å². The van der Waals surface area contributed by atoms with Crippen LogP contribution in [0.3, 0.4) is 0 Å². The minimum Gasteiger partial charge on any atom is -0.480 e.